The third kappa shape index (κ3) is 2.41. The van der Waals surface area contributed by atoms with Gasteiger partial charge in [-0.3, -0.25) is 0 Å². The van der Waals surface area contributed by atoms with Crippen LogP contribution in [0.2, 0.25) is 0 Å². The van der Waals surface area contributed by atoms with Gasteiger partial charge >= 0.3 is 7.12 Å². The highest BCUT2D eigenvalue weighted by atomic mass is 19.1. The molecule has 1 fully saturated rings. The lowest BCUT2D eigenvalue weighted by Gasteiger charge is -2.32. The first-order chi connectivity index (χ1) is 9.80. The van der Waals surface area contributed by atoms with Gasteiger partial charge in [-0.25, -0.2) is 4.39 Å². The minimum Gasteiger partial charge on any atom is -0.464 e. The predicted octanol–water partition coefficient (Wildman–Crippen LogP) is 4.37. The van der Waals surface area contributed by atoms with E-state index < -0.39 is 24.0 Å². The summed E-state index contributed by atoms with van der Waals surface area (Å²) in [6.45, 7) is 7.59. The van der Waals surface area contributed by atoms with Crippen molar-refractivity contribution in [2.24, 2.45) is 0 Å². The quantitative estimate of drug-likeness (QED) is 0.769. The molecule has 0 atom stereocenters. The Balaban J connectivity index is 1.93. The highest BCUT2D eigenvalue weighted by molar-refractivity contribution is 6.54. The van der Waals surface area contributed by atoms with Crippen LogP contribution in [-0.2, 0) is 9.31 Å². The molecule has 2 heterocycles. The van der Waals surface area contributed by atoms with Crippen LogP contribution in [0.15, 0.2) is 40.7 Å². The van der Waals surface area contributed by atoms with E-state index in [0.717, 1.165) is 5.39 Å². The van der Waals surface area contributed by atoms with Gasteiger partial charge in [-0.05, 0) is 39.8 Å². The van der Waals surface area contributed by atoms with Gasteiger partial charge < -0.3 is 13.7 Å². The van der Waals surface area contributed by atoms with Crippen LogP contribution >= 0.6 is 0 Å². The molecule has 0 bridgehead atoms. The zero-order chi connectivity index (χ0) is 15.3. The lowest BCUT2D eigenvalue weighted by molar-refractivity contribution is 0.00578. The number of para-hydroxylation sites is 1. The second-order valence-electron chi connectivity index (χ2n) is 6.30. The van der Waals surface area contributed by atoms with E-state index in [2.05, 4.69) is 0 Å². The molecule has 1 aliphatic heterocycles. The number of fused-ring (bicyclic) bond motifs is 1. The molecule has 0 saturated carbocycles. The lowest BCUT2D eigenvalue weighted by Crippen LogP contribution is -2.41. The number of hydrogen-bond acceptors (Lipinski definition) is 3. The summed E-state index contributed by atoms with van der Waals surface area (Å²) in [6.07, 6.45) is 3.00. The van der Waals surface area contributed by atoms with E-state index in [0.29, 0.717) is 11.1 Å². The third-order valence-corrected chi connectivity index (χ3v) is 4.28. The van der Waals surface area contributed by atoms with Crippen molar-refractivity contribution < 1.29 is 18.1 Å². The number of benzene rings is 1. The Morgan fingerprint density at radius 1 is 1.10 bits per heavy atom. The predicted molar refractivity (Wildman–Crippen MR) is 81.4 cm³/mol. The molecular formula is C16H18BFO3. The van der Waals surface area contributed by atoms with E-state index in [9.17, 15) is 4.39 Å². The summed E-state index contributed by atoms with van der Waals surface area (Å²) in [5, 5.41) is 0.936. The van der Waals surface area contributed by atoms with Gasteiger partial charge in [0.2, 0.25) is 0 Å². The van der Waals surface area contributed by atoms with Crippen LogP contribution in [0, 0.1) is 0 Å². The van der Waals surface area contributed by atoms with Crippen LogP contribution in [0.25, 0.3) is 17.0 Å². The minimum atomic E-state index is -0.986. The summed E-state index contributed by atoms with van der Waals surface area (Å²) < 4.78 is 31.3. The molecule has 110 valence electrons. The summed E-state index contributed by atoms with van der Waals surface area (Å²) in [5.41, 5.74) is -0.245. The van der Waals surface area contributed by atoms with Gasteiger partial charge in [-0.15, -0.1) is 0 Å². The van der Waals surface area contributed by atoms with E-state index in [1.807, 2.05) is 45.9 Å². The van der Waals surface area contributed by atoms with Crippen molar-refractivity contribution in [3.63, 3.8) is 0 Å². The van der Waals surface area contributed by atoms with E-state index in [4.69, 9.17) is 13.7 Å². The van der Waals surface area contributed by atoms with Crippen LogP contribution in [0.5, 0.6) is 0 Å². The fraction of sp³-hybridized carbons (Fsp3) is 0.375. The molecule has 1 aromatic carbocycles. The summed E-state index contributed by atoms with van der Waals surface area (Å²) in [4.78, 5) is 0. The Morgan fingerprint density at radius 3 is 2.43 bits per heavy atom. The largest absolute Gasteiger partial charge is 0.525 e. The number of furan rings is 1. The molecule has 0 radical (unpaired) electrons. The van der Waals surface area contributed by atoms with Crippen LogP contribution < -0.4 is 0 Å². The molecule has 0 aliphatic carbocycles. The monoisotopic (exact) mass is 288 g/mol. The van der Waals surface area contributed by atoms with Crippen LogP contribution in [0.3, 0.4) is 0 Å². The van der Waals surface area contributed by atoms with Crippen LogP contribution in [0.4, 0.5) is 4.39 Å². The standard InChI is InChI=1S/C16H18BFO3/c1-15(2)16(3,4)21-17(20-15)13(18)10-12-7-5-6-11-8-9-19-14(11)12/h5-10H,1-4H3. The second-order valence-corrected chi connectivity index (χ2v) is 6.30. The second kappa shape index (κ2) is 4.72. The normalized spacial score (nSPS) is 21.2. The number of rotatable bonds is 2. The summed E-state index contributed by atoms with van der Waals surface area (Å²) in [5.74, 6) is 0. The maximum atomic E-state index is 14.5. The Labute approximate surface area is 123 Å². The fourth-order valence-electron chi connectivity index (χ4n) is 2.30. The topological polar surface area (TPSA) is 31.6 Å². The summed E-state index contributed by atoms with van der Waals surface area (Å²) in [6, 6.07) is 7.43. The van der Waals surface area contributed by atoms with Crippen molar-refractivity contribution in [1.29, 1.82) is 0 Å². The molecule has 2 aromatic rings. The molecular weight excluding hydrogens is 270 g/mol. The van der Waals surface area contributed by atoms with Crippen molar-refractivity contribution >= 4 is 24.2 Å². The maximum Gasteiger partial charge on any atom is 0.525 e. The van der Waals surface area contributed by atoms with Crippen molar-refractivity contribution in [2.45, 2.75) is 38.9 Å². The Kier molecular flexibility index (Phi) is 3.22. The van der Waals surface area contributed by atoms with Gasteiger partial charge in [-0.2, -0.15) is 0 Å². The maximum absolute atomic E-state index is 14.5. The Bertz CT molecular complexity index is 686. The fourth-order valence-corrected chi connectivity index (χ4v) is 2.30. The highest BCUT2D eigenvalue weighted by Gasteiger charge is 2.53. The SMILES string of the molecule is CC1(C)OB(C(F)=Cc2cccc3ccoc23)OC1(C)C. The average Bonchev–Trinajstić information content (AvgIpc) is 2.93. The van der Waals surface area contributed by atoms with Crippen LogP contribution in [-0.4, -0.2) is 18.3 Å². The molecule has 21 heavy (non-hydrogen) atoms. The van der Waals surface area contributed by atoms with E-state index in [-0.39, 0.29) is 0 Å². The van der Waals surface area contributed by atoms with E-state index in [1.165, 1.54) is 6.08 Å². The van der Waals surface area contributed by atoms with Gasteiger partial charge in [0.1, 0.15) is 11.3 Å². The van der Waals surface area contributed by atoms with E-state index in [1.54, 1.807) is 12.3 Å². The zero-order valence-corrected chi connectivity index (χ0v) is 12.6. The van der Waals surface area contributed by atoms with Crippen molar-refractivity contribution in [1.82, 2.24) is 0 Å². The smallest absolute Gasteiger partial charge is 0.464 e. The van der Waals surface area contributed by atoms with Crippen molar-refractivity contribution in [2.75, 3.05) is 0 Å². The van der Waals surface area contributed by atoms with Crippen molar-refractivity contribution in [3.8, 4) is 0 Å². The molecule has 0 amide bonds. The Morgan fingerprint density at radius 2 is 1.76 bits per heavy atom. The van der Waals surface area contributed by atoms with Gasteiger partial charge in [-0.1, -0.05) is 18.2 Å². The molecule has 3 nitrogen and oxygen atoms in total. The van der Waals surface area contributed by atoms with E-state index >= 15 is 0 Å². The first kappa shape index (κ1) is 14.4. The van der Waals surface area contributed by atoms with Gasteiger partial charge in [0, 0.05) is 10.9 Å². The van der Waals surface area contributed by atoms with Crippen LogP contribution in [0.1, 0.15) is 33.3 Å². The lowest BCUT2D eigenvalue weighted by atomic mass is 9.86. The highest BCUT2D eigenvalue weighted by Crippen LogP contribution is 2.39. The van der Waals surface area contributed by atoms with Gasteiger partial charge in [0.05, 0.1) is 17.5 Å². The molecule has 0 spiro atoms. The molecule has 0 N–H and O–H groups in total. The molecule has 1 aromatic heterocycles. The Hall–Kier alpha value is -1.59. The number of halogens is 1. The summed E-state index contributed by atoms with van der Waals surface area (Å²) >= 11 is 0. The molecule has 0 unspecified atom stereocenters. The first-order valence-electron chi connectivity index (χ1n) is 6.99. The molecule has 5 heteroatoms. The number of hydrogen-bond donors (Lipinski definition) is 0. The third-order valence-electron chi connectivity index (χ3n) is 4.28. The zero-order valence-electron chi connectivity index (χ0n) is 12.6. The molecule has 3 rings (SSSR count). The minimum absolute atomic E-state index is 0.461. The van der Waals surface area contributed by atoms with Crippen molar-refractivity contribution in [3.05, 3.63) is 41.8 Å². The molecule has 1 aliphatic rings. The first-order valence-corrected chi connectivity index (χ1v) is 6.99. The average molecular weight is 288 g/mol. The molecule has 1 saturated heterocycles. The van der Waals surface area contributed by atoms with Gasteiger partial charge in [0.25, 0.3) is 0 Å². The van der Waals surface area contributed by atoms with Gasteiger partial charge in [0.15, 0.2) is 0 Å². The summed E-state index contributed by atoms with van der Waals surface area (Å²) in [7, 11) is -0.986.